The maximum Gasteiger partial charge on any atom is 0.0829 e. The molecule has 0 saturated carbocycles. The number of hydrogen-bond donors (Lipinski definition) is 0. The first-order valence-electron chi connectivity index (χ1n) is 13.4. The largest absolute Gasteiger partial charge is 0.262 e. The van der Waals surface area contributed by atoms with E-state index in [4.69, 9.17) is 12.8 Å². The summed E-state index contributed by atoms with van der Waals surface area (Å²) in [4.78, 5) is 4.37. The summed E-state index contributed by atoms with van der Waals surface area (Å²) in [5.41, 5.74) is 8.43. The second-order valence-electron chi connectivity index (χ2n) is 9.22. The van der Waals surface area contributed by atoms with Crippen molar-refractivity contribution in [2.45, 2.75) is 0 Å². The van der Waals surface area contributed by atoms with Gasteiger partial charge in [-0.25, -0.2) is 0 Å². The normalized spacial score (nSPS) is 9.48. The van der Waals surface area contributed by atoms with Crippen LogP contribution < -0.4 is 0 Å². The lowest BCUT2D eigenvalue weighted by Gasteiger charge is -2.09. The zero-order chi connectivity index (χ0) is 29.0. The summed E-state index contributed by atoms with van der Waals surface area (Å²) in [7, 11) is 0. The van der Waals surface area contributed by atoms with Gasteiger partial charge in [0.2, 0.25) is 0 Å². The van der Waals surface area contributed by atoms with Gasteiger partial charge in [-0.2, -0.15) is 0 Å². The topological polar surface area (TPSA) is 12.9 Å². The fourth-order valence-corrected chi connectivity index (χ4v) is 4.52. The molecule has 0 aliphatic carbocycles. The summed E-state index contributed by atoms with van der Waals surface area (Å²) in [6.07, 6.45) is 15.4. The van der Waals surface area contributed by atoms with Crippen LogP contribution in [0.2, 0.25) is 0 Å². The zero-order valence-electron chi connectivity index (χ0n) is 22.9. The SMILES string of the molecule is C#CC(C#Cc1cncc(C#CC(C#C)=C(c2ccccc2)c2ccccc2)c1)=C(c1ccccc1)c1ccccc1. The number of pyridine rings is 1. The molecule has 194 valence electrons. The Balaban J connectivity index is 1.55. The molecule has 1 heteroatoms. The van der Waals surface area contributed by atoms with E-state index in [0.717, 1.165) is 33.4 Å². The minimum atomic E-state index is 0.594. The third-order valence-corrected chi connectivity index (χ3v) is 6.44. The smallest absolute Gasteiger partial charge is 0.0829 e. The zero-order valence-corrected chi connectivity index (χ0v) is 22.9. The second kappa shape index (κ2) is 13.7. The van der Waals surface area contributed by atoms with Crippen LogP contribution in [0.3, 0.4) is 0 Å². The van der Waals surface area contributed by atoms with Gasteiger partial charge in [0, 0.05) is 34.7 Å². The van der Waals surface area contributed by atoms with E-state index < -0.39 is 0 Å². The summed E-state index contributed by atoms with van der Waals surface area (Å²) in [5.74, 6) is 18.4. The Morgan fingerprint density at radius 3 is 1.05 bits per heavy atom. The van der Waals surface area contributed by atoms with E-state index in [1.165, 1.54) is 0 Å². The Hall–Kier alpha value is -6.25. The van der Waals surface area contributed by atoms with Crippen LogP contribution in [0, 0.1) is 48.4 Å². The molecule has 5 rings (SSSR count). The average molecular weight is 532 g/mol. The first-order chi connectivity index (χ1) is 20.8. The summed E-state index contributed by atoms with van der Waals surface area (Å²) < 4.78 is 0. The van der Waals surface area contributed by atoms with Crippen LogP contribution in [0.15, 0.2) is 151 Å². The van der Waals surface area contributed by atoms with Crippen molar-refractivity contribution in [1.82, 2.24) is 4.98 Å². The predicted molar refractivity (Wildman–Crippen MR) is 173 cm³/mol. The third-order valence-electron chi connectivity index (χ3n) is 6.44. The minimum Gasteiger partial charge on any atom is -0.262 e. The average Bonchev–Trinajstić information content (AvgIpc) is 3.06. The molecule has 0 amide bonds. The van der Waals surface area contributed by atoms with Crippen molar-refractivity contribution in [3.63, 3.8) is 0 Å². The van der Waals surface area contributed by atoms with Crippen molar-refractivity contribution >= 4 is 11.1 Å². The molecule has 0 aliphatic heterocycles. The third kappa shape index (κ3) is 6.66. The van der Waals surface area contributed by atoms with E-state index in [9.17, 15) is 0 Å². The lowest BCUT2D eigenvalue weighted by molar-refractivity contribution is 1.30. The molecule has 5 aromatic rings. The molecular formula is C41H25N. The van der Waals surface area contributed by atoms with Gasteiger partial charge in [-0.15, -0.1) is 12.8 Å². The Morgan fingerprint density at radius 2 is 0.762 bits per heavy atom. The van der Waals surface area contributed by atoms with E-state index in [1.807, 2.05) is 127 Å². The maximum absolute atomic E-state index is 5.99. The number of benzene rings is 4. The molecule has 1 heterocycles. The molecule has 0 bridgehead atoms. The van der Waals surface area contributed by atoms with Crippen molar-refractivity contribution in [2.24, 2.45) is 0 Å². The highest BCUT2D eigenvalue weighted by Gasteiger charge is 2.10. The maximum atomic E-state index is 5.99. The number of hydrogen-bond acceptors (Lipinski definition) is 1. The molecule has 42 heavy (non-hydrogen) atoms. The van der Waals surface area contributed by atoms with Gasteiger partial charge in [-0.1, -0.05) is 157 Å². The first-order valence-corrected chi connectivity index (χ1v) is 13.4. The molecular weight excluding hydrogens is 506 g/mol. The summed E-state index contributed by atoms with van der Waals surface area (Å²) in [5, 5.41) is 0. The van der Waals surface area contributed by atoms with Crippen LogP contribution in [0.5, 0.6) is 0 Å². The number of nitrogens with zero attached hydrogens (tertiary/aromatic N) is 1. The fraction of sp³-hybridized carbons (Fsp3) is 0. The standard InChI is InChI=1S/C41H25N/c1-3-34(40(36-17-9-5-10-18-36)37-19-11-6-12-20-37)27-25-32-29-33(31-42-30-32)26-28-35(4-2)41(38-21-13-7-14-22-38)39-23-15-8-16-24-39/h1-2,5-24,29-31H. The molecule has 0 spiro atoms. The monoisotopic (exact) mass is 531 g/mol. The van der Waals surface area contributed by atoms with Gasteiger partial charge in [0.15, 0.2) is 0 Å². The van der Waals surface area contributed by atoms with Crippen molar-refractivity contribution in [2.75, 3.05) is 0 Å². The molecule has 0 fully saturated rings. The number of allylic oxidation sites excluding steroid dienone is 2. The van der Waals surface area contributed by atoms with Crippen LogP contribution >= 0.6 is 0 Å². The van der Waals surface area contributed by atoms with Crippen molar-refractivity contribution in [3.8, 4) is 48.4 Å². The van der Waals surface area contributed by atoms with Gasteiger partial charge < -0.3 is 0 Å². The van der Waals surface area contributed by atoms with Gasteiger partial charge in [-0.3, -0.25) is 4.98 Å². The van der Waals surface area contributed by atoms with E-state index in [1.54, 1.807) is 12.4 Å². The van der Waals surface area contributed by atoms with E-state index in [-0.39, 0.29) is 0 Å². The molecule has 0 unspecified atom stereocenters. The van der Waals surface area contributed by atoms with Crippen molar-refractivity contribution < 1.29 is 0 Å². The molecule has 0 atom stereocenters. The van der Waals surface area contributed by atoms with E-state index in [0.29, 0.717) is 22.3 Å². The highest BCUT2D eigenvalue weighted by atomic mass is 14.6. The van der Waals surface area contributed by atoms with Crippen LogP contribution in [0.1, 0.15) is 33.4 Å². The fourth-order valence-electron chi connectivity index (χ4n) is 4.52. The Bertz CT molecular complexity index is 1730. The minimum absolute atomic E-state index is 0.594. The van der Waals surface area contributed by atoms with Gasteiger partial charge >= 0.3 is 0 Å². The summed E-state index contributed by atoms with van der Waals surface area (Å²) >= 11 is 0. The molecule has 1 aromatic heterocycles. The van der Waals surface area contributed by atoms with Crippen LogP contribution in [0.25, 0.3) is 11.1 Å². The molecule has 0 radical (unpaired) electrons. The highest BCUT2D eigenvalue weighted by molar-refractivity contribution is 5.88. The van der Waals surface area contributed by atoms with Crippen LogP contribution in [0.4, 0.5) is 0 Å². The lowest BCUT2D eigenvalue weighted by Crippen LogP contribution is -1.93. The number of terminal acetylenes is 2. The molecule has 1 nitrogen and oxygen atoms in total. The van der Waals surface area contributed by atoms with Gasteiger partial charge in [-0.05, 0) is 28.3 Å². The molecule has 4 aromatic carbocycles. The Labute approximate surface area is 248 Å². The van der Waals surface area contributed by atoms with Crippen molar-refractivity contribution in [1.29, 1.82) is 0 Å². The van der Waals surface area contributed by atoms with Gasteiger partial charge in [0.25, 0.3) is 0 Å². The van der Waals surface area contributed by atoms with Gasteiger partial charge in [0.05, 0.1) is 11.1 Å². The van der Waals surface area contributed by atoms with Crippen LogP contribution in [-0.4, -0.2) is 4.98 Å². The quantitative estimate of drug-likeness (QED) is 0.214. The van der Waals surface area contributed by atoms with Gasteiger partial charge in [0.1, 0.15) is 0 Å². The highest BCUT2D eigenvalue weighted by Crippen LogP contribution is 2.28. The number of aromatic nitrogens is 1. The summed E-state index contributed by atoms with van der Waals surface area (Å²) in [6, 6.07) is 42.0. The van der Waals surface area contributed by atoms with E-state index in [2.05, 4.69) is 40.5 Å². The predicted octanol–water partition coefficient (Wildman–Crippen LogP) is 8.06. The van der Waals surface area contributed by atoms with Crippen LogP contribution in [-0.2, 0) is 0 Å². The lowest BCUT2D eigenvalue weighted by atomic mass is 9.93. The first kappa shape index (κ1) is 27.3. The Morgan fingerprint density at radius 1 is 0.452 bits per heavy atom. The Kier molecular flexibility index (Phi) is 8.91. The second-order valence-corrected chi connectivity index (χ2v) is 9.22. The molecule has 0 saturated heterocycles. The molecule has 0 N–H and O–H groups in total. The number of rotatable bonds is 4. The molecule has 0 aliphatic rings. The van der Waals surface area contributed by atoms with Crippen molar-refractivity contribution in [3.05, 3.63) is 184 Å². The van der Waals surface area contributed by atoms with E-state index >= 15 is 0 Å². The summed E-state index contributed by atoms with van der Waals surface area (Å²) in [6.45, 7) is 0.